The number of para-hydroxylation sites is 1. The summed E-state index contributed by atoms with van der Waals surface area (Å²) in [7, 11) is 0. The molecule has 2 aliphatic heterocycles. The molecule has 0 N–H and O–H groups in total. The normalized spacial score (nSPS) is 20.7. The van der Waals surface area contributed by atoms with Crippen molar-refractivity contribution in [2.75, 3.05) is 24.5 Å². The Morgan fingerprint density at radius 2 is 1.96 bits per heavy atom. The zero-order chi connectivity index (χ0) is 17.9. The number of anilines is 1. The fourth-order valence-corrected chi connectivity index (χ4v) is 4.28. The van der Waals surface area contributed by atoms with Crippen LogP contribution in [0, 0.1) is 11.7 Å². The molecule has 2 aliphatic rings. The monoisotopic (exact) mass is 352 g/mol. The lowest BCUT2D eigenvalue weighted by atomic mass is 9.93. The van der Waals surface area contributed by atoms with E-state index in [1.807, 2.05) is 23.1 Å². The molecule has 3 nitrogen and oxygen atoms in total. The predicted molar refractivity (Wildman–Crippen MR) is 102 cm³/mol. The minimum atomic E-state index is -0.197. The molecule has 0 saturated carbocycles. The highest BCUT2D eigenvalue weighted by Gasteiger charge is 2.31. The molecule has 2 aromatic rings. The first-order chi connectivity index (χ1) is 12.7. The van der Waals surface area contributed by atoms with Gasteiger partial charge in [-0.15, -0.1) is 0 Å². The Balaban J connectivity index is 1.45. The molecule has 0 bridgehead atoms. The van der Waals surface area contributed by atoms with Gasteiger partial charge in [0.25, 0.3) is 0 Å². The maximum Gasteiger partial charge on any atom is 0.231 e. The molecule has 1 unspecified atom stereocenters. The molecule has 2 heterocycles. The van der Waals surface area contributed by atoms with Gasteiger partial charge in [-0.05, 0) is 61.6 Å². The van der Waals surface area contributed by atoms with Gasteiger partial charge in [0.2, 0.25) is 5.91 Å². The van der Waals surface area contributed by atoms with E-state index in [0.29, 0.717) is 6.54 Å². The number of hydrogen-bond acceptors (Lipinski definition) is 2. The Morgan fingerprint density at radius 3 is 2.85 bits per heavy atom. The van der Waals surface area contributed by atoms with Crippen molar-refractivity contribution in [1.29, 1.82) is 0 Å². The molecule has 4 rings (SSSR count). The van der Waals surface area contributed by atoms with Gasteiger partial charge in [0.15, 0.2) is 0 Å². The number of halogens is 1. The first-order valence-electron chi connectivity index (χ1n) is 9.57. The molecule has 26 heavy (non-hydrogen) atoms. The van der Waals surface area contributed by atoms with Crippen LogP contribution in [0.5, 0.6) is 0 Å². The average molecular weight is 352 g/mol. The highest BCUT2D eigenvalue weighted by molar-refractivity contribution is 5.96. The first-order valence-corrected chi connectivity index (χ1v) is 9.57. The highest BCUT2D eigenvalue weighted by atomic mass is 19.1. The molecule has 0 radical (unpaired) electrons. The van der Waals surface area contributed by atoms with E-state index in [1.165, 1.54) is 11.6 Å². The summed E-state index contributed by atoms with van der Waals surface area (Å²) in [5, 5.41) is 0. The summed E-state index contributed by atoms with van der Waals surface area (Å²) in [6, 6.07) is 15.0. The Hall–Kier alpha value is -2.20. The first kappa shape index (κ1) is 17.2. The van der Waals surface area contributed by atoms with E-state index in [-0.39, 0.29) is 17.6 Å². The summed E-state index contributed by atoms with van der Waals surface area (Å²) in [4.78, 5) is 17.5. The van der Waals surface area contributed by atoms with Crippen molar-refractivity contribution in [1.82, 2.24) is 4.90 Å². The Morgan fingerprint density at radius 1 is 1.08 bits per heavy atom. The number of aryl methyl sites for hydroxylation is 1. The van der Waals surface area contributed by atoms with Gasteiger partial charge >= 0.3 is 0 Å². The van der Waals surface area contributed by atoms with Crippen molar-refractivity contribution >= 4 is 11.6 Å². The third-order valence-electron chi connectivity index (χ3n) is 5.53. The molecule has 2 aromatic carbocycles. The summed E-state index contributed by atoms with van der Waals surface area (Å²) in [5.41, 5.74) is 3.34. The standard InChI is InChI=1S/C22H25FN2O/c23-20-10-3-6-17(14-20)15-24-12-4-9-19(16-24)22(26)25-13-5-8-18-7-1-2-11-21(18)25/h1-3,6-7,10-11,14,19H,4-5,8-9,12-13,15-16H2. The van der Waals surface area contributed by atoms with Crippen LogP contribution in [0.25, 0.3) is 0 Å². The van der Waals surface area contributed by atoms with E-state index in [4.69, 9.17) is 0 Å². The summed E-state index contributed by atoms with van der Waals surface area (Å²) < 4.78 is 13.4. The van der Waals surface area contributed by atoms with Crippen molar-refractivity contribution in [2.24, 2.45) is 5.92 Å². The number of amides is 1. The second kappa shape index (κ2) is 7.58. The van der Waals surface area contributed by atoms with Crippen molar-refractivity contribution in [3.63, 3.8) is 0 Å². The summed E-state index contributed by atoms with van der Waals surface area (Å²) in [6.45, 7) is 3.25. The predicted octanol–water partition coefficient (Wildman–Crippen LogP) is 4.02. The zero-order valence-corrected chi connectivity index (χ0v) is 15.0. The zero-order valence-electron chi connectivity index (χ0n) is 15.0. The second-order valence-electron chi connectivity index (χ2n) is 7.43. The summed E-state index contributed by atoms with van der Waals surface area (Å²) in [5.74, 6) is 0.0848. The molecular formula is C22H25FN2O. The van der Waals surface area contributed by atoms with Crippen molar-refractivity contribution in [3.8, 4) is 0 Å². The van der Waals surface area contributed by atoms with E-state index in [1.54, 1.807) is 12.1 Å². The van der Waals surface area contributed by atoms with Crippen LogP contribution in [-0.4, -0.2) is 30.4 Å². The lowest BCUT2D eigenvalue weighted by molar-refractivity contribution is -0.124. The van der Waals surface area contributed by atoms with E-state index in [0.717, 1.165) is 56.6 Å². The number of carbonyl (C=O) groups is 1. The SMILES string of the molecule is O=C(C1CCCN(Cc2cccc(F)c2)C1)N1CCCc2ccccc21. The Bertz CT molecular complexity index is 791. The molecule has 4 heteroatoms. The fourth-order valence-electron chi connectivity index (χ4n) is 4.28. The van der Waals surface area contributed by atoms with E-state index in [2.05, 4.69) is 17.0 Å². The summed E-state index contributed by atoms with van der Waals surface area (Å²) in [6.07, 6.45) is 4.04. The second-order valence-corrected chi connectivity index (χ2v) is 7.43. The molecule has 0 aromatic heterocycles. The maximum atomic E-state index is 13.4. The van der Waals surface area contributed by atoms with Crippen molar-refractivity contribution < 1.29 is 9.18 Å². The van der Waals surface area contributed by atoms with Crippen LogP contribution in [0.4, 0.5) is 10.1 Å². The molecule has 1 atom stereocenters. The van der Waals surface area contributed by atoms with Crippen LogP contribution in [0.3, 0.4) is 0 Å². The van der Waals surface area contributed by atoms with Gasteiger partial charge in [-0.25, -0.2) is 4.39 Å². The van der Waals surface area contributed by atoms with Gasteiger partial charge < -0.3 is 4.90 Å². The van der Waals surface area contributed by atoms with Gasteiger partial charge in [0.1, 0.15) is 5.82 Å². The lowest BCUT2D eigenvalue weighted by Crippen LogP contribution is -2.46. The number of hydrogen-bond donors (Lipinski definition) is 0. The topological polar surface area (TPSA) is 23.6 Å². The van der Waals surface area contributed by atoms with Crippen LogP contribution >= 0.6 is 0 Å². The molecule has 0 spiro atoms. The van der Waals surface area contributed by atoms with Gasteiger partial charge in [-0.3, -0.25) is 9.69 Å². The number of fused-ring (bicyclic) bond motifs is 1. The van der Waals surface area contributed by atoms with Gasteiger partial charge in [0.05, 0.1) is 5.92 Å². The minimum Gasteiger partial charge on any atom is -0.312 e. The number of benzene rings is 2. The number of likely N-dealkylation sites (tertiary alicyclic amines) is 1. The lowest BCUT2D eigenvalue weighted by Gasteiger charge is -2.37. The summed E-state index contributed by atoms with van der Waals surface area (Å²) >= 11 is 0. The molecular weight excluding hydrogens is 327 g/mol. The number of rotatable bonds is 3. The fraction of sp³-hybridized carbons (Fsp3) is 0.409. The van der Waals surface area contributed by atoms with Crippen molar-refractivity contribution in [3.05, 3.63) is 65.5 Å². The van der Waals surface area contributed by atoms with Crippen LogP contribution < -0.4 is 4.90 Å². The molecule has 1 saturated heterocycles. The molecule has 136 valence electrons. The number of carbonyl (C=O) groups excluding carboxylic acids is 1. The van der Waals surface area contributed by atoms with E-state index < -0.39 is 0 Å². The average Bonchev–Trinajstić information content (AvgIpc) is 2.67. The Labute approximate surface area is 154 Å². The van der Waals surface area contributed by atoms with Crippen LogP contribution in [0.1, 0.15) is 30.4 Å². The molecule has 0 aliphatic carbocycles. The third kappa shape index (κ3) is 3.65. The van der Waals surface area contributed by atoms with E-state index >= 15 is 0 Å². The largest absolute Gasteiger partial charge is 0.312 e. The van der Waals surface area contributed by atoms with Crippen molar-refractivity contribution in [2.45, 2.75) is 32.2 Å². The molecule has 1 fully saturated rings. The van der Waals surface area contributed by atoms with E-state index in [9.17, 15) is 9.18 Å². The maximum absolute atomic E-state index is 13.4. The Kier molecular flexibility index (Phi) is 5.02. The third-order valence-corrected chi connectivity index (χ3v) is 5.53. The van der Waals surface area contributed by atoms with Crippen LogP contribution in [0.15, 0.2) is 48.5 Å². The smallest absolute Gasteiger partial charge is 0.231 e. The molecule has 1 amide bonds. The highest BCUT2D eigenvalue weighted by Crippen LogP contribution is 2.30. The number of nitrogens with zero attached hydrogens (tertiary/aromatic N) is 2. The minimum absolute atomic E-state index is 0.0310. The number of piperidine rings is 1. The van der Waals surface area contributed by atoms with Crippen LogP contribution in [0.2, 0.25) is 0 Å². The van der Waals surface area contributed by atoms with Crippen LogP contribution in [-0.2, 0) is 17.8 Å². The van der Waals surface area contributed by atoms with Gasteiger partial charge in [0, 0.05) is 25.3 Å². The van der Waals surface area contributed by atoms with Gasteiger partial charge in [-0.1, -0.05) is 30.3 Å². The van der Waals surface area contributed by atoms with Gasteiger partial charge in [-0.2, -0.15) is 0 Å². The quantitative estimate of drug-likeness (QED) is 0.833.